The molecule has 0 fully saturated rings. The van der Waals surface area contributed by atoms with Crippen molar-refractivity contribution in [3.8, 4) is 0 Å². The van der Waals surface area contributed by atoms with Gasteiger partial charge in [0, 0.05) is 45.6 Å². The summed E-state index contributed by atoms with van der Waals surface area (Å²) in [5.74, 6) is 0.730. The molecular formula is C27H23N3OS2. The SMILES string of the molecule is O=C(NCC(c1ccccc1)c1c[nH]c2ccccc12)c1ccccc1SCc1cscn1. The third-order valence-electron chi connectivity index (χ3n) is 5.66. The third kappa shape index (κ3) is 4.87. The van der Waals surface area contributed by atoms with Crippen LogP contribution in [-0.2, 0) is 5.75 Å². The molecule has 5 rings (SSSR count). The Kier molecular flexibility index (Phi) is 6.56. The number of thiazole rings is 1. The largest absolute Gasteiger partial charge is 0.361 e. The Morgan fingerprint density at radius 3 is 2.64 bits per heavy atom. The molecule has 0 bridgehead atoms. The highest BCUT2D eigenvalue weighted by Gasteiger charge is 2.20. The van der Waals surface area contributed by atoms with Gasteiger partial charge >= 0.3 is 0 Å². The minimum Gasteiger partial charge on any atom is -0.361 e. The number of benzene rings is 3. The number of H-pyrrole nitrogens is 1. The van der Waals surface area contributed by atoms with E-state index in [0.29, 0.717) is 12.1 Å². The number of aromatic nitrogens is 2. The van der Waals surface area contributed by atoms with Crippen LogP contribution in [0.3, 0.4) is 0 Å². The second kappa shape index (κ2) is 10.1. The number of hydrogen-bond donors (Lipinski definition) is 2. The molecule has 0 saturated carbocycles. The Hall–Kier alpha value is -3.35. The summed E-state index contributed by atoms with van der Waals surface area (Å²) in [6.07, 6.45) is 2.06. The minimum absolute atomic E-state index is 0.0427. The number of amides is 1. The summed E-state index contributed by atoms with van der Waals surface area (Å²) < 4.78 is 0. The molecule has 0 aliphatic carbocycles. The fourth-order valence-electron chi connectivity index (χ4n) is 4.01. The van der Waals surface area contributed by atoms with Crippen LogP contribution < -0.4 is 5.32 Å². The highest BCUT2D eigenvalue weighted by atomic mass is 32.2. The van der Waals surface area contributed by atoms with Crippen molar-refractivity contribution in [2.75, 3.05) is 6.54 Å². The number of nitrogens with one attached hydrogen (secondary N) is 2. The predicted molar refractivity (Wildman–Crippen MR) is 137 cm³/mol. The van der Waals surface area contributed by atoms with Gasteiger partial charge in [0.2, 0.25) is 0 Å². The van der Waals surface area contributed by atoms with Crippen LogP contribution in [0.25, 0.3) is 10.9 Å². The van der Waals surface area contributed by atoms with Crippen LogP contribution in [-0.4, -0.2) is 22.4 Å². The second-order valence-corrected chi connectivity index (χ2v) is 9.46. The van der Waals surface area contributed by atoms with Crippen molar-refractivity contribution in [2.45, 2.75) is 16.6 Å². The molecule has 4 nitrogen and oxygen atoms in total. The lowest BCUT2D eigenvalue weighted by Crippen LogP contribution is -2.29. The number of carbonyl (C=O) groups excluding carboxylic acids is 1. The molecule has 0 aliphatic heterocycles. The van der Waals surface area contributed by atoms with Gasteiger partial charge in [-0.15, -0.1) is 23.1 Å². The van der Waals surface area contributed by atoms with Crippen LogP contribution in [0, 0.1) is 0 Å². The third-order valence-corrected chi connectivity index (χ3v) is 7.40. The van der Waals surface area contributed by atoms with E-state index in [2.05, 4.69) is 51.8 Å². The normalized spacial score (nSPS) is 12.0. The average Bonchev–Trinajstić information content (AvgIpc) is 3.54. The Morgan fingerprint density at radius 1 is 1.00 bits per heavy atom. The van der Waals surface area contributed by atoms with Gasteiger partial charge in [0.1, 0.15) is 0 Å². The maximum atomic E-state index is 13.2. The average molecular weight is 470 g/mol. The van der Waals surface area contributed by atoms with Crippen LogP contribution in [0.4, 0.5) is 0 Å². The highest BCUT2D eigenvalue weighted by Crippen LogP contribution is 2.31. The topological polar surface area (TPSA) is 57.8 Å². The smallest absolute Gasteiger partial charge is 0.252 e. The minimum atomic E-state index is -0.0582. The van der Waals surface area contributed by atoms with E-state index < -0.39 is 0 Å². The molecule has 2 aromatic heterocycles. The lowest BCUT2D eigenvalue weighted by atomic mass is 9.91. The summed E-state index contributed by atoms with van der Waals surface area (Å²) in [7, 11) is 0. The quantitative estimate of drug-likeness (QED) is 0.256. The number of aromatic amines is 1. The zero-order valence-corrected chi connectivity index (χ0v) is 19.5. The van der Waals surface area contributed by atoms with Gasteiger partial charge in [-0.3, -0.25) is 4.79 Å². The number of rotatable bonds is 8. The lowest BCUT2D eigenvalue weighted by molar-refractivity contribution is 0.0949. The molecule has 0 spiro atoms. The molecular weight excluding hydrogens is 446 g/mol. The van der Waals surface area contributed by atoms with E-state index in [1.165, 1.54) is 16.5 Å². The van der Waals surface area contributed by atoms with Crippen LogP contribution in [0.1, 0.15) is 33.1 Å². The van der Waals surface area contributed by atoms with Crippen molar-refractivity contribution in [1.29, 1.82) is 0 Å². The molecule has 6 heteroatoms. The molecule has 33 heavy (non-hydrogen) atoms. The summed E-state index contributed by atoms with van der Waals surface area (Å²) in [5, 5.41) is 6.43. The molecule has 164 valence electrons. The van der Waals surface area contributed by atoms with E-state index in [0.717, 1.165) is 21.9 Å². The van der Waals surface area contributed by atoms with Crippen LogP contribution in [0.2, 0.25) is 0 Å². The number of fused-ring (bicyclic) bond motifs is 1. The Balaban J connectivity index is 1.37. The van der Waals surface area contributed by atoms with Crippen LogP contribution in [0.5, 0.6) is 0 Å². The van der Waals surface area contributed by atoms with Gasteiger partial charge < -0.3 is 10.3 Å². The van der Waals surface area contributed by atoms with E-state index in [4.69, 9.17) is 0 Å². The fraction of sp³-hybridized carbons (Fsp3) is 0.111. The molecule has 1 atom stereocenters. The van der Waals surface area contributed by atoms with E-state index >= 15 is 0 Å². The summed E-state index contributed by atoms with van der Waals surface area (Å²) in [6, 6.07) is 26.4. The van der Waals surface area contributed by atoms with E-state index in [1.54, 1.807) is 23.1 Å². The van der Waals surface area contributed by atoms with Gasteiger partial charge in [-0.25, -0.2) is 4.98 Å². The number of para-hydroxylation sites is 1. The van der Waals surface area contributed by atoms with Gasteiger partial charge in [-0.2, -0.15) is 0 Å². The first kappa shape index (κ1) is 21.5. The Bertz CT molecular complexity index is 1350. The van der Waals surface area contributed by atoms with Crippen molar-refractivity contribution in [3.63, 3.8) is 0 Å². The van der Waals surface area contributed by atoms with Gasteiger partial charge in [-0.1, -0.05) is 60.7 Å². The summed E-state index contributed by atoms with van der Waals surface area (Å²) in [6.45, 7) is 0.510. The van der Waals surface area contributed by atoms with Crippen LogP contribution in [0.15, 0.2) is 101 Å². The van der Waals surface area contributed by atoms with E-state index in [1.807, 2.05) is 59.4 Å². The molecule has 0 radical (unpaired) electrons. The van der Waals surface area contributed by atoms with E-state index in [9.17, 15) is 4.79 Å². The second-order valence-electron chi connectivity index (χ2n) is 7.73. The van der Waals surface area contributed by atoms with Gasteiger partial charge in [0.15, 0.2) is 0 Å². The molecule has 5 aromatic rings. The van der Waals surface area contributed by atoms with Gasteiger partial charge in [0.05, 0.1) is 16.8 Å². The predicted octanol–water partition coefficient (Wildman–Crippen LogP) is 6.48. The molecule has 0 saturated heterocycles. The van der Waals surface area contributed by atoms with Crippen LogP contribution >= 0.6 is 23.1 Å². The molecule has 2 N–H and O–H groups in total. The maximum absolute atomic E-state index is 13.2. The van der Waals surface area contributed by atoms with E-state index in [-0.39, 0.29) is 11.8 Å². The first-order valence-electron chi connectivity index (χ1n) is 10.8. The maximum Gasteiger partial charge on any atom is 0.252 e. The van der Waals surface area contributed by atoms with Crippen molar-refractivity contribution >= 4 is 39.9 Å². The summed E-state index contributed by atoms with van der Waals surface area (Å²) >= 11 is 3.23. The molecule has 3 aromatic carbocycles. The summed E-state index contributed by atoms with van der Waals surface area (Å²) in [5.41, 5.74) is 7.02. The number of hydrogen-bond acceptors (Lipinski definition) is 4. The number of nitrogens with zero attached hydrogens (tertiary/aromatic N) is 1. The van der Waals surface area contributed by atoms with Gasteiger partial charge in [0.25, 0.3) is 5.91 Å². The number of carbonyl (C=O) groups is 1. The van der Waals surface area contributed by atoms with Crippen molar-refractivity contribution in [1.82, 2.24) is 15.3 Å². The monoisotopic (exact) mass is 469 g/mol. The molecule has 2 heterocycles. The van der Waals surface area contributed by atoms with Crippen molar-refractivity contribution in [3.05, 3.63) is 118 Å². The van der Waals surface area contributed by atoms with Crippen molar-refractivity contribution in [2.24, 2.45) is 0 Å². The van der Waals surface area contributed by atoms with Crippen molar-refractivity contribution < 1.29 is 4.79 Å². The molecule has 0 aliphatic rings. The lowest BCUT2D eigenvalue weighted by Gasteiger charge is -2.19. The Labute approximate surface area is 201 Å². The zero-order valence-electron chi connectivity index (χ0n) is 17.9. The Morgan fingerprint density at radius 2 is 1.79 bits per heavy atom. The standard InChI is InChI=1S/C27H23N3OS2/c31-27(22-11-5-7-13-26(22)33-17-20-16-32-18-30-20)29-14-23(19-8-2-1-3-9-19)24-15-28-25-12-6-4-10-21(24)25/h1-13,15-16,18,23,28H,14,17H2,(H,29,31). The first-order chi connectivity index (χ1) is 16.3. The van der Waals surface area contributed by atoms with Gasteiger partial charge in [-0.05, 0) is 29.3 Å². The fourth-order valence-corrected chi connectivity index (χ4v) is 5.62. The summed E-state index contributed by atoms with van der Waals surface area (Å²) in [4.78, 5) is 21.9. The molecule has 1 amide bonds. The number of thioether (sulfide) groups is 1. The molecule has 1 unspecified atom stereocenters. The zero-order chi connectivity index (χ0) is 22.5. The highest BCUT2D eigenvalue weighted by molar-refractivity contribution is 7.98. The first-order valence-corrected chi connectivity index (χ1v) is 12.7.